The molecule has 198 valence electrons. The van der Waals surface area contributed by atoms with Crippen molar-refractivity contribution in [1.82, 2.24) is 24.7 Å². The highest BCUT2D eigenvalue weighted by Crippen LogP contribution is 2.33. The number of aromatic nitrogens is 2. The average molecular weight is 513 g/mol. The van der Waals surface area contributed by atoms with Crippen molar-refractivity contribution in [3.8, 4) is 6.01 Å². The molecule has 6 rings (SSSR count). The van der Waals surface area contributed by atoms with Gasteiger partial charge in [0.1, 0.15) is 12.4 Å². The smallest absolute Gasteiger partial charge is 0.318 e. The highest BCUT2D eigenvalue weighted by Gasteiger charge is 2.31. The molecule has 2 saturated heterocycles. The van der Waals surface area contributed by atoms with Crippen molar-refractivity contribution < 1.29 is 9.53 Å². The summed E-state index contributed by atoms with van der Waals surface area (Å²) in [5, 5.41) is 2.56. The molecule has 1 amide bonds. The Labute approximate surface area is 224 Å². The first-order chi connectivity index (χ1) is 18.6. The largest absolute Gasteiger partial charge is 0.462 e. The summed E-state index contributed by atoms with van der Waals surface area (Å²) < 4.78 is 6.22. The topological polar surface area (TPSA) is 65.0 Å². The van der Waals surface area contributed by atoms with Crippen LogP contribution in [0.1, 0.15) is 29.7 Å². The van der Waals surface area contributed by atoms with Crippen molar-refractivity contribution in [3.63, 3.8) is 0 Å². The summed E-state index contributed by atoms with van der Waals surface area (Å²) >= 11 is 0. The molecule has 0 aliphatic carbocycles. The number of anilines is 1. The number of carbonyl (C=O) groups is 1. The fourth-order valence-corrected chi connectivity index (χ4v) is 6.02. The number of fused-ring (bicyclic) bond motifs is 2. The number of benzene rings is 2. The third-order valence-corrected chi connectivity index (χ3v) is 8.22. The predicted octanol–water partition coefficient (Wildman–Crippen LogP) is 3.45. The minimum Gasteiger partial charge on any atom is -0.462 e. The van der Waals surface area contributed by atoms with E-state index in [0.29, 0.717) is 31.7 Å². The van der Waals surface area contributed by atoms with Gasteiger partial charge >= 0.3 is 6.01 Å². The predicted molar refractivity (Wildman–Crippen MR) is 149 cm³/mol. The molecule has 0 saturated carbocycles. The number of hydrogen-bond donors (Lipinski definition) is 0. The van der Waals surface area contributed by atoms with Crippen molar-refractivity contribution in [3.05, 3.63) is 71.9 Å². The molecule has 3 aliphatic rings. The van der Waals surface area contributed by atoms with E-state index in [0.717, 1.165) is 57.2 Å². The van der Waals surface area contributed by atoms with Gasteiger partial charge < -0.3 is 19.4 Å². The molecule has 38 heavy (non-hydrogen) atoms. The highest BCUT2D eigenvalue weighted by atomic mass is 16.5. The molecule has 0 N–H and O–H groups in total. The van der Waals surface area contributed by atoms with E-state index < -0.39 is 0 Å². The van der Waals surface area contributed by atoms with Gasteiger partial charge in [-0.15, -0.1) is 0 Å². The molecule has 8 heteroatoms. The van der Waals surface area contributed by atoms with Gasteiger partial charge in [0.05, 0.1) is 5.69 Å². The summed E-state index contributed by atoms with van der Waals surface area (Å²) in [6.45, 7) is 10.6. The molecular formula is C30H36N6O2. The van der Waals surface area contributed by atoms with E-state index in [1.807, 2.05) is 4.90 Å². The number of ether oxygens (including phenoxy) is 1. The minimum absolute atomic E-state index is 0.0106. The summed E-state index contributed by atoms with van der Waals surface area (Å²) in [6, 6.07) is 16.0. The minimum atomic E-state index is -0.0106. The van der Waals surface area contributed by atoms with Crippen molar-refractivity contribution >= 4 is 22.5 Å². The monoisotopic (exact) mass is 512 g/mol. The van der Waals surface area contributed by atoms with E-state index in [1.165, 1.54) is 34.4 Å². The zero-order valence-electron chi connectivity index (χ0n) is 22.2. The van der Waals surface area contributed by atoms with Gasteiger partial charge in [0.25, 0.3) is 0 Å². The Bertz CT molecular complexity index is 1330. The normalized spacial score (nSPS) is 20.2. The van der Waals surface area contributed by atoms with Gasteiger partial charge in [0.15, 0.2) is 0 Å². The molecule has 0 unspecified atom stereocenters. The summed E-state index contributed by atoms with van der Waals surface area (Å²) in [5.41, 5.74) is 3.55. The Hall–Kier alpha value is -3.49. The maximum absolute atomic E-state index is 12.1. The molecule has 0 spiro atoms. The van der Waals surface area contributed by atoms with Crippen LogP contribution in [-0.2, 0) is 24.4 Å². The number of hydrogen-bond acceptors (Lipinski definition) is 7. The third-order valence-electron chi connectivity index (χ3n) is 8.22. The van der Waals surface area contributed by atoms with Gasteiger partial charge in [-0.05, 0) is 48.8 Å². The first-order valence-electron chi connectivity index (χ1n) is 13.7. The molecule has 2 fully saturated rings. The van der Waals surface area contributed by atoms with E-state index in [1.54, 1.807) is 0 Å². The van der Waals surface area contributed by atoms with E-state index in [-0.39, 0.29) is 5.91 Å². The van der Waals surface area contributed by atoms with Crippen LogP contribution in [0.25, 0.3) is 10.8 Å². The van der Waals surface area contributed by atoms with Gasteiger partial charge in [0.2, 0.25) is 5.91 Å². The standard InChI is InChI=1S/C30H36N6O2/c1-3-28(37)35-14-16-36(17-15-35)29-26-19-34(18-23-10-6-9-22-8-4-5-12-25(22)23)20-27(26)31-30(32-29)38-21-24-11-7-13-33(24)2/h3-6,8-10,12,24H,1,7,11,13-21H2,2H3/t24-/m0/s1. The van der Waals surface area contributed by atoms with E-state index >= 15 is 0 Å². The molecule has 1 atom stereocenters. The fourth-order valence-electron chi connectivity index (χ4n) is 6.02. The van der Waals surface area contributed by atoms with Crippen molar-refractivity contribution in [2.45, 2.75) is 38.5 Å². The fraction of sp³-hybridized carbons (Fsp3) is 0.433. The summed E-state index contributed by atoms with van der Waals surface area (Å²) in [5.74, 6) is 0.944. The number of piperazine rings is 1. The van der Waals surface area contributed by atoms with E-state index in [4.69, 9.17) is 14.7 Å². The van der Waals surface area contributed by atoms with Gasteiger partial charge in [-0.3, -0.25) is 9.69 Å². The Kier molecular flexibility index (Phi) is 7.00. The lowest BCUT2D eigenvalue weighted by Gasteiger charge is -2.35. The molecule has 0 radical (unpaired) electrons. The number of nitrogens with zero attached hydrogens (tertiary/aromatic N) is 6. The zero-order chi connectivity index (χ0) is 26.1. The van der Waals surface area contributed by atoms with Crippen molar-refractivity contribution in [2.75, 3.05) is 51.3 Å². The molecule has 3 aliphatic heterocycles. The summed E-state index contributed by atoms with van der Waals surface area (Å²) in [6.07, 6.45) is 3.75. The SMILES string of the molecule is C=CC(=O)N1CCN(c2nc(OC[C@@H]3CCCN3C)nc3c2CN(Cc2cccc4ccccc24)C3)CC1. The second-order valence-electron chi connectivity index (χ2n) is 10.6. The lowest BCUT2D eigenvalue weighted by atomic mass is 10.0. The second kappa shape index (κ2) is 10.7. The lowest BCUT2D eigenvalue weighted by molar-refractivity contribution is -0.126. The molecular weight excluding hydrogens is 476 g/mol. The van der Waals surface area contributed by atoms with Crippen LogP contribution >= 0.6 is 0 Å². The molecule has 1 aromatic heterocycles. The van der Waals surface area contributed by atoms with Crippen LogP contribution < -0.4 is 9.64 Å². The van der Waals surface area contributed by atoms with Crippen LogP contribution in [0.3, 0.4) is 0 Å². The maximum atomic E-state index is 12.1. The number of amides is 1. The Morgan fingerprint density at radius 2 is 1.87 bits per heavy atom. The van der Waals surface area contributed by atoms with E-state index in [9.17, 15) is 4.79 Å². The van der Waals surface area contributed by atoms with Crippen LogP contribution in [0.15, 0.2) is 55.1 Å². The second-order valence-corrected chi connectivity index (χ2v) is 10.6. The van der Waals surface area contributed by atoms with Crippen LogP contribution in [0.5, 0.6) is 6.01 Å². The quantitative estimate of drug-likeness (QED) is 0.449. The first-order valence-corrected chi connectivity index (χ1v) is 13.7. The first kappa shape index (κ1) is 24.8. The zero-order valence-corrected chi connectivity index (χ0v) is 22.2. The van der Waals surface area contributed by atoms with Crippen LogP contribution in [0.4, 0.5) is 5.82 Å². The van der Waals surface area contributed by atoms with Crippen molar-refractivity contribution in [1.29, 1.82) is 0 Å². The lowest BCUT2D eigenvalue weighted by Crippen LogP contribution is -2.48. The molecule has 4 heterocycles. The molecule has 8 nitrogen and oxygen atoms in total. The third kappa shape index (κ3) is 4.98. The Morgan fingerprint density at radius 3 is 2.66 bits per heavy atom. The Morgan fingerprint density at radius 1 is 1.05 bits per heavy atom. The molecule has 0 bridgehead atoms. The van der Waals surface area contributed by atoms with Crippen LogP contribution in [0, 0.1) is 0 Å². The van der Waals surface area contributed by atoms with Crippen LogP contribution in [-0.4, -0.2) is 83.0 Å². The Balaban J connectivity index is 1.24. The number of rotatable bonds is 7. The number of carbonyl (C=O) groups excluding carboxylic acids is 1. The van der Waals surface area contributed by atoms with Gasteiger partial charge in [0, 0.05) is 57.4 Å². The maximum Gasteiger partial charge on any atom is 0.318 e. The highest BCUT2D eigenvalue weighted by molar-refractivity contribution is 5.87. The summed E-state index contributed by atoms with van der Waals surface area (Å²) in [7, 11) is 2.16. The van der Waals surface area contributed by atoms with Crippen molar-refractivity contribution in [2.24, 2.45) is 0 Å². The molecule has 2 aromatic carbocycles. The number of likely N-dealkylation sites (tertiary alicyclic amines) is 1. The van der Waals surface area contributed by atoms with Gasteiger partial charge in [-0.1, -0.05) is 49.0 Å². The van der Waals surface area contributed by atoms with Gasteiger partial charge in [-0.2, -0.15) is 9.97 Å². The number of likely N-dealkylation sites (N-methyl/N-ethyl adjacent to an activating group) is 1. The average Bonchev–Trinajstić information content (AvgIpc) is 3.56. The molecule has 3 aromatic rings. The summed E-state index contributed by atoms with van der Waals surface area (Å²) in [4.78, 5) is 30.9. The van der Waals surface area contributed by atoms with Gasteiger partial charge in [-0.25, -0.2) is 0 Å². The van der Waals surface area contributed by atoms with Crippen LogP contribution in [0.2, 0.25) is 0 Å². The van der Waals surface area contributed by atoms with E-state index in [2.05, 4.69) is 70.8 Å².